The average Bonchev–Trinajstić information content (AvgIpc) is 2.71. The number of aliphatic hydroxyl groups excluding tert-OH is 1. The molecule has 1 aromatic heterocycles. The van der Waals surface area contributed by atoms with Crippen molar-refractivity contribution in [3.05, 3.63) is 35.0 Å². The monoisotopic (exact) mass is 252 g/mol. The van der Waals surface area contributed by atoms with Crippen molar-refractivity contribution in [3.63, 3.8) is 0 Å². The Morgan fingerprint density at radius 3 is 2.82 bits per heavy atom. The molecule has 0 aliphatic heterocycles. The van der Waals surface area contributed by atoms with E-state index in [-0.39, 0.29) is 11.7 Å². The number of aliphatic hydroxyl groups is 1. The lowest BCUT2D eigenvalue weighted by Gasteiger charge is -2.16. The van der Waals surface area contributed by atoms with Gasteiger partial charge >= 0.3 is 0 Å². The molecule has 0 bridgehead atoms. The van der Waals surface area contributed by atoms with Crippen LogP contribution in [0.4, 0.5) is 4.39 Å². The predicted octanol–water partition coefficient (Wildman–Crippen LogP) is 4.51. The number of rotatable bonds is 4. The van der Waals surface area contributed by atoms with Gasteiger partial charge in [0.2, 0.25) is 0 Å². The number of halogens is 1. The highest BCUT2D eigenvalue weighted by Gasteiger charge is 2.18. The van der Waals surface area contributed by atoms with E-state index in [2.05, 4.69) is 13.8 Å². The highest BCUT2D eigenvalue weighted by atomic mass is 32.1. The topological polar surface area (TPSA) is 20.2 Å². The highest BCUT2D eigenvalue weighted by molar-refractivity contribution is 7.19. The van der Waals surface area contributed by atoms with Crippen LogP contribution in [-0.4, -0.2) is 5.11 Å². The van der Waals surface area contributed by atoms with Crippen LogP contribution < -0.4 is 0 Å². The molecule has 2 unspecified atom stereocenters. The zero-order chi connectivity index (χ0) is 12.4. The Hall–Kier alpha value is -0.930. The molecule has 0 aliphatic carbocycles. The van der Waals surface area contributed by atoms with E-state index < -0.39 is 6.10 Å². The summed E-state index contributed by atoms with van der Waals surface area (Å²) in [6.07, 6.45) is 1.64. The highest BCUT2D eigenvalue weighted by Crippen LogP contribution is 2.34. The van der Waals surface area contributed by atoms with Crippen LogP contribution in [0.2, 0.25) is 0 Å². The average molecular weight is 252 g/mol. The fourth-order valence-corrected chi connectivity index (χ4v) is 3.24. The summed E-state index contributed by atoms with van der Waals surface area (Å²) in [5.41, 5.74) is 0. The minimum atomic E-state index is -0.435. The Bertz CT molecular complexity index is 506. The van der Waals surface area contributed by atoms with Gasteiger partial charge in [-0.2, -0.15) is 0 Å². The van der Waals surface area contributed by atoms with Crippen LogP contribution >= 0.6 is 11.3 Å². The van der Waals surface area contributed by atoms with Gasteiger partial charge in [-0.1, -0.05) is 20.3 Å². The van der Waals surface area contributed by atoms with Gasteiger partial charge in [-0.05, 0) is 42.0 Å². The standard InChI is InChI=1S/C14H17FOS/c1-3-4-9(2)14(16)13-8-10-7-11(15)5-6-12(10)17-13/h5-9,14,16H,3-4H2,1-2H3. The normalized spacial score (nSPS) is 15.1. The first kappa shape index (κ1) is 12.5. The van der Waals surface area contributed by atoms with Crippen molar-refractivity contribution in [2.24, 2.45) is 5.92 Å². The van der Waals surface area contributed by atoms with Crippen molar-refractivity contribution in [3.8, 4) is 0 Å². The van der Waals surface area contributed by atoms with Gasteiger partial charge in [-0.3, -0.25) is 0 Å². The van der Waals surface area contributed by atoms with E-state index in [1.807, 2.05) is 6.07 Å². The first-order valence-corrected chi connectivity index (χ1v) is 6.80. The molecule has 1 N–H and O–H groups in total. The second-order valence-electron chi connectivity index (χ2n) is 4.54. The molecule has 0 saturated carbocycles. The minimum absolute atomic E-state index is 0.224. The molecule has 0 fully saturated rings. The summed E-state index contributed by atoms with van der Waals surface area (Å²) in [4.78, 5) is 0.937. The molecule has 1 heterocycles. The molecule has 0 spiro atoms. The van der Waals surface area contributed by atoms with Crippen LogP contribution in [0.3, 0.4) is 0 Å². The van der Waals surface area contributed by atoms with E-state index in [1.54, 1.807) is 17.4 Å². The molecule has 2 aromatic rings. The molecular formula is C14H17FOS. The van der Waals surface area contributed by atoms with E-state index in [0.29, 0.717) is 0 Å². The summed E-state index contributed by atoms with van der Waals surface area (Å²) in [5, 5.41) is 11.1. The van der Waals surface area contributed by atoms with Gasteiger partial charge in [0.25, 0.3) is 0 Å². The van der Waals surface area contributed by atoms with E-state index >= 15 is 0 Å². The van der Waals surface area contributed by atoms with Crippen molar-refractivity contribution in [2.45, 2.75) is 32.8 Å². The molecule has 0 aliphatic rings. The van der Waals surface area contributed by atoms with E-state index in [4.69, 9.17) is 0 Å². The van der Waals surface area contributed by atoms with Crippen molar-refractivity contribution in [1.82, 2.24) is 0 Å². The van der Waals surface area contributed by atoms with E-state index in [9.17, 15) is 9.50 Å². The lowest BCUT2D eigenvalue weighted by molar-refractivity contribution is 0.116. The molecule has 0 radical (unpaired) electrons. The van der Waals surface area contributed by atoms with Gasteiger partial charge in [0.15, 0.2) is 0 Å². The fourth-order valence-electron chi connectivity index (χ4n) is 2.07. The summed E-state index contributed by atoms with van der Waals surface area (Å²) in [6, 6.07) is 6.66. The second kappa shape index (κ2) is 5.15. The molecule has 92 valence electrons. The molecule has 2 rings (SSSR count). The largest absolute Gasteiger partial charge is 0.387 e. The molecule has 1 nitrogen and oxygen atoms in total. The van der Waals surface area contributed by atoms with Crippen molar-refractivity contribution >= 4 is 21.4 Å². The van der Waals surface area contributed by atoms with Crippen molar-refractivity contribution < 1.29 is 9.50 Å². The Kier molecular flexibility index (Phi) is 3.79. The van der Waals surface area contributed by atoms with Crippen LogP contribution in [-0.2, 0) is 0 Å². The Morgan fingerprint density at radius 1 is 1.35 bits per heavy atom. The van der Waals surface area contributed by atoms with Crippen molar-refractivity contribution in [2.75, 3.05) is 0 Å². The molecule has 0 amide bonds. The summed E-state index contributed by atoms with van der Waals surface area (Å²) < 4.78 is 14.1. The first-order chi connectivity index (χ1) is 8.11. The van der Waals surface area contributed by atoms with Gasteiger partial charge < -0.3 is 5.11 Å². The molecule has 2 atom stereocenters. The molecule has 17 heavy (non-hydrogen) atoms. The minimum Gasteiger partial charge on any atom is -0.387 e. The summed E-state index contributed by atoms with van der Waals surface area (Å²) in [5.74, 6) is 0.0239. The SMILES string of the molecule is CCCC(C)C(O)c1cc2cc(F)ccc2s1. The maximum Gasteiger partial charge on any atom is 0.123 e. The fraction of sp³-hybridized carbons (Fsp3) is 0.429. The Morgan fingerprint density at radius 2 is 2.12 bits per heavy atom. The number of fused-ring (bicyclic) bond motifs is 1. The quantitative estimate of drug-likeness (QED) is 0.848. The number of hydrogen-bond donors (Lipinski definition) is 1. The van der Waals surface area contributed by atoms with Gasteiger partial charge in [0.05, 0.1) is 6.10 Å². The summed E-state index contributed by atoms with van der Waals surface area (Å²) in [7, 11) is 0. The van der Waals surface area contributed by atoms with Gasteiger partial charge in [0.1, 0.15) is 5.82 Å². The number of hydrogen-bond acceptors (Lipinski definition) is 2. The summed E-state index contributed by atoms with van der Waals surface area (Å²) in [6.45, 7) is 4.17. The molecule has 0 saturated heterocycles. The zero-order valence-corrected chi connectivity index (χ0v) is 10.9. The van der Waals surface area contributed by atoms with Crippen LogP contribution in [0.25, 0.3) is 10.1 Å². The third-order valence-electron chi connectivity index (χ3n) is 3.07. The molecule has 1 aromatic carbocycles. The third-order valence-corrected chi connectivity index (χ3v) is 4.26. The molecule has 3 heteroatoms. The van der Waals surface area contributed by atoms with Gasteiger partial charge in [-0.25, -0.2) is 4.39 Å². The van der Waals surface area contributed by atoms with Crippen LogP contribution in [0.5, 0.6) is 0 Å². The van der Waals surface area contributed by atoms with E-state index in [0.717, 1.165) is 27.8 Å². The maximum absolute atomic E-state index is 13.1. The van der Waals surface area contributed by atoms with Crippen LogP contribution in [0, 0.1) is 11.7 Å². The first-order valence-electron chi connectivity index (χ1n) is 5.99. The zero-order valence-electron chi connectivity index (χ0n) is 10.1. The number of benzene rings is 1. The lowest BCUT2D eigenvalue weighted by Crippen LogP contribution is -2.07. The predicted molar refractivity (Wildman–Crippen MR) is 70.8 cm³/mol. The Labute approximate surface area is 105 Å². The van der Waals surface area contributed by atoms with Gasteiger partial charge in [0, 0.05) is 9.58 Å². The van der Waals surface area contributed by atoms with Crippen LogP contribution in [0.15, 0.2) is 24.3 Å². The third kappa shape index (κ3) is 2.67. The number of thiophene rings is 1. The second-order valence-corrected chi connectivity index (χ2v) is 5.66. The van der Waals surface area contributed by atoms with Crippen LogP contribution in [0.1, 0.15) is 37.7 Å². The lowest BCUT2D eigenvalue weighted by atomic mass is 9.98. The summed E-state index contributed by atoms with van der Waals surface area (Å²) >= 11 is 1.55. The Balaban J connectivity index is 2.29. The smallest absolute Gasteiger partial charge is 0.123 e. The van der Waals surface area contributed by atoms with Crippen molar-refractivity contribution in [1.29, 1.82) is 0 Å². The maximum atomic E-state index is 13.1. The molecular weight excluding hydrogens is 235 g/mol. The van der Waals surface area contributed by atoms with Gasteiger partial charge in [-0.15, -0.1) is 11.3 Å². The van der Waals surface area contributed by atoms with E-state index in [1.165, 1.54) is 12.1 Å².